The maximum Gasteiger partial charge on any atom is 0.279 e. The van der Waals surface area contributed by atoms with E-state index in [4.69, 9.17) is 4.74 Å². The molecule has 0 N–H and O–H groups in total. The molecular formula is C13H22N2O2. The van der Waals surface area contributed by atoms with Gasteiger partial charge >= 0.3 is 0 Å². The fourth-order valence-electron chi connectivity index (χ4n) is 1.73. The van der Waals surface area contributed by atoms with Crippen molar-refractivity contribution in [2.75, 3.05) is 13.2 Å². The van der Waals surface area contributed by atoms with Gasteiger partial charge in [-0.3, -0.25) is 4.79 Å². The fourth-order valence-corrected chi connectivity index (χ4v) is 1.73. The topological polar surface area (TPSA) is 41.9 Å². The van der Waals surface area contributed by atoms with Crippen LogP contribution in [0.2, 0.25) is 0 Å². The fraction of sp³-hybridized carbons (Fsp3) is 0.692. The molecule has 0 aromatic heterocycles. The van der Waals surface area contributed by atoms with Crippen LogP contribution in [0.15, 0.2) is 16.8 Å². The molecule has 4 heteroatoms. The lowest BCUT2D eigenvalue weighted by Crippen LogP contribution is -2.23. The minimum Gasteiger partial charge on any atom is -0.476 e. The summed E-state index contributed by atoms with van der Waals surface area (Å²) in [6.45, 7) is 9.28. The van der Waals surface area contributed by atoms with E-state index >= 15 is 0 Å². The highest BCUT2D eigenvalue weighted by molar-refractivity contribution is 6.21. The Morgan fingerprint density at radius 3 is 2.71 bits per heavy atom. The van der Waals surface area contributed by atoms with E-state index in [9.17, 15) is 4.79 Å². The van der Waals surface area contributed by atoms with Crippen molar-refractivity contribution < 1.29 is 9.53 Å². The third-order valence-electron chi connectivity index (χ3n) is 2.63. The summed E-state index contributed by atoms with van der Waals surface area (Å²) in [6, 6.07) is 0. The molecule has 0 aromatic rings. The van der Waals surface area contributed by atoms with Crippen LogP contribution in [0, 0.1) is 5.92 Å². The zero-order valence-corrected chi connectivity index (χ0v) is 11.2. The first kappa shape index (κ1) is 13.7. The Balaban J connectivity index is 2.59. The first-order valence-electron chi connectivity index (χ1n) is 6.30. The highest BCUT2D eigenvalue weighted by Crippen LogP contribution is 2.17. The van der Waals surface area contributed by atoms with Gasteiger partial charge in [0.05, 0.1) is 6.61 Å². The molecule has 1 rings (SSSR count). The van der Waals surface area contributed by atoms with E-state index in [1.807, 2.05) is 13.8 Å². The van der Waals surface area contributed by atoms with Crippen molar-refractivity contribution in [3.05, 3.63) is 11.6 Å². The van der Waals surface area contributed by atoms with Crippen molar-refractivity contribution in [1.82, 2.24) is 5.01 Å². The van der Waals surface area contributed by atoms with E-state index in [1.165, 1.54) is 5.01 Å². The normalized spacial score (nSPS) is 18.2. The predicted molar refractivity (Wildman–Crippen MR) is 68.6 cm³/mol. The second-order valence-corrected chi connectivity index (χ2v) is 4.50. The number of nitrogens with zero attached hydrogens (tertiary/aromatic N) is 2. The zero-order chi connectivity index (χ0) is 12.8. The van der Waals surface area contributed by atoms with Crippen LogP contribution < -0.4 is 0 Å². The van der Waals surface area contributed by atoms with Gasteiger partial charge < -0.3 is 4.74 Å². The molecule has 0 saturated heterocycles. The van der Waals surface area contributed by atoms with Gasteiger partial charge in [-0.25, -0.2) is 5.01 Å². The van der Waals surface area contributed by atoms with Crippen molar-refractivity contribution >= 4 is 11.8 Å². The molecule has 0 bridgehead atoms. The lowest BCUT2D eigenvalue weighted by Gasteiger charge is -2.11. The molecule has 0 aromatic carbocycles. The Hall–Kier alpha value is -1.32. The Bertz CT molecular complexity index is 332. The summed E-state index contributed by atoms with van der Waals surface area (Å²) >= 11 is 0. The standard InChI is InChI=1S/C13H22N2O2/c1-5-11-12(17-6-2)14-15(13(11)16)9-7-8-10(3)4/h5,10H,6-9H2,1-4H3/b11-5-. The van der Waals surface area contributed by atoms with Gasteiger partial charge in [0, 0.05) is 6.54 Å². The largest absolute Gasteiger partial charge is 0.476 e. The van der Waals surface area contributed by atoms with Crippen LogP contribution in [-0.4, -0.2) is 30.0 Å². The molecule has 0 unspecified atom stereocenters. The van der Waals surface area contributed by atoms with Crippen molar-refractivity contribution in [2.24, 2.45) is 11.0 Å². The molecule has 1 amide bonds. The van der Waals surface area contributed by atoms with E-state index in [-0.39, 0.29) is 5.91 Å². The van der Waals surface area contributed by atoms with Crippen LogP contribution in [0.3, 0.4) is 0 Å². The molecule has 0 fully saturated rings. The van der Waals surface area contributed by atoms with Gasteiger partial charge in [0.25, 0.3) is 5.91 Å². The summed E-state index contributed by atoms with van der Waals surface area (Å²) < 4.78 is 5.35. The molecule has 1 aliphatic heterocycles. The second-order valence-electron chi connectivity index (χ2n) is 4.50. The monoisotopic (exact) mass is 238 g/mol. The third-order valence-corrected chi connectivity index (χ3v) is 2.63. The number of hydrazone groups is 1. The smallest absolute Gasteiger partial charge is 0.279 e. The number of hydrogen-bond donors (Lipinski definition) is 0. The van der Waals surface area contributed by atoms with Crippen LogP contribution in [0.5, 0.6) is 0 Å². The van der Waals surface area contributed by atoms with Crippen molar-refractivity contribution in [1.29, 1.82) is 0 Å². The van der Waals surface area contributed by atoms with Gasteiger partial charge in [0.1, 0.15) is 5.57 Å². The maximum absolute atomic E-state index is 12.0. The molecule has 0 atom stereocenters. The Morgan fingerprint density at radius 1 is 1.47 bits per heavy atom. The molecule has 1 aliphatic rings. The number of ether oxygens (including phenoxy) is 1. The van der Waals surface area contributed by atoms with Crippen molar-refractivity contribution in [2.45, 2.75) is 40.5 Å². The number of allylic oxidation sites excluding steroid dienone is 1. The molecule has 96 valence electrons. The average molecular weight is 238 g/mol. The Morgan fingerprint density at radius 2 is 2.18 bits per heavy atom. The van der Waals surface area contributed by atoms with E-state index < -0.39 is 0 Å². The third kappa shape index (κ3) is 3.58. The molecule has 0 spiro atoms. The maximum atomic E-state index is 12.0. The van der Waals surface area contributed by atoms with Gasteiger partial charge in [0.2, 0.25) is 5.90 Å². The number of carbonyl (C=O) groups excluding carboxylic acids is 1. The summed E-state index contributed by atoms with van der Waals surface area (Å²) in [5.41, 5.74) is 0.580. The molecule has 1 heterocycles. The minimum absolute atomic E-state index is 0.0419. The highest BCUT2D eigenvalue weighted by atomic mass is 16.5. The molecule has 17 heavy (non-hydrogen) atoms. The van der Waals surface area contributed by atoms with Crippen LogP contribution in [-0.2, 0) is 9.53 Å². The summed E-state index contributed by atoms with van der Waals surface area (Å²) in [5, 5.41) is 5.73. The van der Waals surface area contributed by atoms with Crippen molar-refractivity contribution in [3.8, 4) is 0 Å². The lowest BCUT2D eigenvalue weighted by atomic mass is 10.1. The molecule has 0 aliphatic carbocycles. The first-order chi connectivity index (χ1) is 8.10. The number of rotatable bonds is 5. The zero-order valence-electron chi connectivity index (χ0n) is 11.2. The second kappa shape index (κ2) is 6.42. The van der Waals surface area contributed by atoms with Crippen LogP contribution in [0.1, 0.15) is 40.5 Å². The summed E-state index contributed by atoms with van der Waals surface area (Å²) in [5.74, 6) is 1.08. The van der Waals surface area contributed by atoms with Gasteiger partial charge in [-0.15, -0.1) is 5.10 Å². The summed E-state index contributed by atoms with van der Waals surface area (Å²) in [7, 11) is 0. The molecule has 0 radical (unpaired) electrons. The average Bonchev–Trinajstić information content (AvgIpc) is 2.55. The Kier molecular flexibility index (Phi) is 5.19. The number of amides is 1. The van der Waals surface area contributed by atoms with Crippen molar-refractivity contribution in [3.63, 3.8) is 0 Å². The van der Waals surface area contributed by atoms with Gasteiger partial charge in [0.15, 0.2) is 0 Å². The lowest BCUT2D eigenvalue weighted by molar-refractivity contribution is -0.125. The molecular weight excluding hydrogens is 216 g/mol. The molecule has 4 nitrogen and oxygen atoms in total. The minimum atomic E-state index is -0.0419. The van der Waals surface area contributed by atoms with Gasteiger partial charge in [-0.05, 0) is 32.6 Å². The van der Waals surface area contributed by atoms with Gasteiger partial charge in [-0.2, -0.15) is 0 Å². The van der Waals surface area contributed by atoms with Gasteiger partial charge in [-0.1, -0.05) is 19.9 Å². The Labute approximate surface area is 103 Å². The van der Waals surface area contributed by atoms with Crippen LogP contribution >= 0.6 is 0 Å². The summed E-state index contributed by atoms with van der Waals surface area (Å²) in [6.07, 6.45) is 3.84. The quantitative estimate of drug-likeness (QED) is 0.691. The highest BCUT2D eigenvalue weighted by Gasteiger charge is 2.30. The first-order valence-corrected chi connectivity index (χ1v) is 6.30. The van der Waals surface area contributed by atoms with E-state index in [0.29, 0.717) is 30.5 Å². The van der Waals surface area contributed by atoms with Crippen LogP contribution in [0.25, 0.3) is 0 Å². The molecule has 0 saturated carbocycles. The number of carbonyl (C=O) groups is 1. The number of hydrogen-bond acceptors (Lipinski definition) is 3. The van der Waals surface area contributed by atoms with E-state index in [1.54, 1.807) is 6.08 Å². The van der Waals surface area contributed by atoms with Crippen LogP contribution in [0.4, 0.5) is 0 Å². The predicted octanol–water partition coefficient (Wildman–Crippen LogP) is 2.56. The SMILES string of the molecule is C/C=C1\C(=O)N(CCCC(C)C)N=C1OCC. The van der Waals surface area contributed by atoms with E-state index in [0.717, 1.165) is 12.8 Å². The summed E-state index contributed by atoms with van der Waals surface area (Å²) in [4.78, 5) is 12.0. The van der Waals surface area contributed by atoms with E-state index in [2.05, 4.69) is 18.9 Å².